The number of nitrogens with one attached hydrogen (secondary N) is 1. The summed E-state index contributed by atoms with van der Waals surface area (Å²) in [6.45, 7) is 6.31. The molecule has 13 heavy (non-hydrogen) atoms. The maximum absolute atomic E-state index is 11.0. The molecule has 0 saturated heterocycles. The number of rotatable bonds is 0. The lowest BCUT2D eigenvalue weighted by Gasteiger charge is -2.27. The molecule has 0 amide bonds. The van der Waals surface area contributed by atoms with E-state index in [1.54, 1.807) is 6.08 Å². The molecule has 0 aromatic rings. The summed E-state index contributed by atoms with van der Waals surface area (Å²) in [5, 5.41) is 5.40. The predicted octanol–water partition coefficient (Wildman–Crippen LogP) is 2.22. The minimum atomic E-state index is 0.204. The van der Waals surface area contributed by atoms with Gasteiger partial charge < -0.3 is 0 Å². The van der Waals surface area contributed by atoms with E-state index in [9.17, 15) is 4.79 Å². The molecule has 0 aromatic carbocycles. The van der Waals surface area contributed by atoms with Gasteiger partial charge in [0.25, 0.3) is 0 Å². The van der Waals surface area contributed by atoms with E-state index < -0.39 is 0 Å². The van der Waals surface area contributed by atoms with Crippen LogP contribution in [0, 0.1) is 10.8 Å². The molecule has 3 heteroatoms. The summed E-state index contributed by atoms with van der Waals surface area (Å²) in [5.41, 5.74) is 1.43. The first-order chi connectivity index (χ1) is 5.91. The number of isocyanates is 1. The summed E-state index contributed by atoms with van der Waals surface area (Å²) in [5.74, 6) is 0.286. The second-order valence-corrected chi connectivity index (χ2v) is 4.08. The SMILES string of the molecule is CC1=CC(=O)CC(C)(C)C1.N=C=O. The molecule has 1 N–H and O–H groups in total. The van der Waals surface area contributed by atoms with E-state index in [1.165, 1.54) is 5.57 Å². The van der Waals surface area contributed by atoms with Crippen molar-refractivity contribution in [2.45, 2.75) is 33.6 Å². The highest BCUT2D eigenvalue weighted by atomic mass is 16.1. The molecule has 1 aliphatic carbocycles. The minimum absolute atomic E-state index is 0.204. The molecular weight excluding hydrogens is 166 g/mol. The topological polar surface area (TPSA) is 58.0 Å². The quantitative estimate of drug-likeness (QED) is 0.460. The molecule has 0 saturated carbocycles. The molecule has 0 unspecified atom stereocenters. The fourth-order valence-corrected chi connectivity index (χ4v) is 1.67. The molecule has 0 heterocycles. The van der Waals surface area contributed by atoms with Gasteiger partial charge in [0, 0.05) is 6.42 Å². The van der Waals surface area contributed by atoms with Gasteiger partial charge in [-0.05, 0) is 24.8 Å². The Kier molecular flexibility index (Phi) is 4.29. The molecule has 1 rings (SSSR count). The van der Waals surface area contributed by atoms with E-state index in [0.717, 1.165) is 12.5 Å². The van der Waals surface area contributed by atoms with Crippen molar-refractivity contribution in [3.8, 4) is 0 Å². The molecule has 0 aliphatic heterocycles. The maximum Gasteiger partial charge on any atom is 0.231 e. The number of allylic oxidation sites excluding steroid dienone is 2. The largest absolute Gasteiger partial charge is 0.295 e. The molecule has 0 fully saturated rings. The smallest absolute Gasteiger partial charge is 0.231 e. The molecule has 0 radical (unpaired) electrons. The van der Waals surface area contributed by atoms with Crippen LogP contribution in [0.15, 0.2) is 11.6 Å². The molecule has 0 spiro atoms. The zero-order valence-corrected chi connectivity index (χ0v) is 8.31. The van der Waals surface area contributed by atoms with Gasteiger partial charge in [-0.15, -0.1) is 0 Å². The van der Waals surface area contributed by atoms with Crippen LogP contribution in [0.2, 0.25) is 0 Å². The Morgan fingerprint density at radius 3 is 2.23 bits per heavy atom. The first-order valence-corrected chi connectivity index (χ1v) is 4.15. The lowest BCUT2D eigenvalue weighted by Crippen LogP contribution is -2.20. The van der Waals surface area contributed by atoms with E-state index >= 15 is 0 Å². The Hall–Kier alpha value is -1.21. The molecule has 0 bridgehead atoms. The van der Waals surface area contributed by atoms with Crippen LogP contribution in [0.4, 0.5) is 0 Å². The Morgan fingerprint density at radius 1 is 1.46 bits per heavy atom. The average molecular weight is 181 g/mol. The molecule has 72 valence electrons. The van der Waals surface area contributed by atoms with Crippen LogP contribution in [0.1, 0.15) is 33.6 Å². The van der Waals surface area contributed by atoms with Gasteiger partial charge in [-0.25, -0.2) is 10.2 Å². The fourth-order valence-electron chi connectivity index (χ4n) is 1.67. The van der Waals surface area contributed by atoms with Crippen LogP contribution >= 0.6 is 0 Å². The second kappa shape index (κ2) is 4.73. The fraction of sp³-hybridized carbons (Fsp3) is 0.600. The Bertz CT molecular complexity index is 258. The summed E-state index contributed by atoms with van der Waals surface area (Å²) >= 11 is 0. The second-order valence-electron chi connectivity index (χ2n) is 4.08. The minimum Gasteiger partial charge on any atom is -0.295 e. The number of ketones is 1. The van der Waals surface area contributed by atoms with E-state index in [-0.39, 0.29) is 11.2 Å². The van der Waals surface area contributed by atoms with Crippen molar-refractivity contribution in [2.24, 2.45) is 5.41 Å². The van der Waals surface area contributed by atoms with Crippen LogP contribution in [0.5, 0.6) is 0 Å². The average Bonchev–Trinajstić information content (AvgIpc) is 1.81. The third-order valence-electron chi connectivity index (χ3n) is 1.82. The lowest BCUT2D eigenvalue weighted by molar-refractivity contribution is -0.117. The standard InChI is InChI=1S/C9H14O.CHNO/c1-7-4-8(10)6-9(2,3)5-7;2-1-3/h4H,5-6H2,1-3H3;2H. The summed E-state index contributed by atoms with van der Waals surface area (Å²) in [6.07, 6.45) is 4.30. The van der Waals surface area contributed by atoms with E-state index in [2.05, 4.69) is 13.8 Å². The third-order valence-corrected chi connectivity index (χ3v) is 1.82. The van der Waals surface area contributed by atoms with Crippen LogP contribution < -0.4 is 0 Å². The molecule has 1 aliphatic rings. The van der Waals surface area contributed by atoms with Gasteiger partial charge in [-0.3, -0.25) is 4.79 Å². The van der Waals surface area contributed by atoms with Gasteiger partial charge in [-0.2, -0.15) is 0 Å². The maximum atomic E-state index is 11.0. The third kappa shape index (κ3) is 5.10. The van der Waals surface area contributed by atoms with Crippen molar-refractivity contribution in [1.82, 2.24) is 0 Å². The van der Waals surface area contributed by atoms with Gasteiger partial charge in [-0.1, -0.05) is 19.4 Å². The van der Waals surface area contributed by atoms with E-state index in [4.69, 9.17) is 10.2 Å². The van der Waals surface area contributed by atoms with Gasteiger partial charge in [0.1, 0.15) is 0 Å². The predicted molar refractivity (Wildman–Crippen MR) is 50.2 cm³/mol. The highest BCUT2D eigenvalue weighted by Crippen LogP contribution is 2.32. The molecular formula is C10H15NO2. The van der Waals surface area contributed by atoms with Gasteiger partial charge in [0.05, 0.1) is 0 Å². The zero-order chi connectivity index (χ0) is 10.5. The first-order valence-electron chi connectivity index (χ1n) is 4.15. The van der Waals surface area contributed by atoms with Crippen molar-refractivity contribution in [3.05, 3.63) is 11.6 Å². The van der Waals surface area contributed by atoms with Gasteiger partial charge in [0.15, 0.2) is 5.78 Å². The molecule has 3 nitrogen and oxygen atoms in total. The highest BCUT2D eigenvalue weighted by Gasteiger charge is 2.25. The van der Waals surface area contributed by atoms with Crippen LogP contribution in [0.25, 0.3) is 0 Å². The van der Waals surface area contributed by atoms with Crippen molar-refractivity contribution >= 4 is 11.9 Å². The van der Waals surface area contributed by atoms with Crippen molar-refractivity contribution in [3.63, 3.8) is 0 Å². The molecule has 0 atom stereocenters. The van der Waals surface area contributed by atoms with E-state index in [1.807, 2.05) is 6.92 Å². The Morgan fingerprint density at radius 2 is 1.92 bits per heavy atom. The van der Waals surface area contributed by atoms with Crippen molar-refractivity contribution in [1.29, 1.82) is 5.41 Å². The zero-order valence-electron chi connectivity index (χ0n) is 8.31. The number of hydrogen-bond donors (Lipinski definition) is 1. The van der Waals surface area contributed by atoms with Crippen molar-refractivity contribution in [2.75, 3.05) is 0 Å². The Balaban J connectivity index is 0.000000424. The monoisotopic (exact) mass is 181 g/mol. The highest BCUT2D eigenvalue weighted by molar-refractivity contribution is 5.91. The number of hydrogen-bond acceptors (Lipinski definition) is 3. The number of carbonyl (C=O) groups is 1. The van der Waals surface area contributed by atoms with Gasteiger partial charge in [0.2, 0.25) is 6.08 Å². The normalized spacial score (nSPS) is 19.3. The summed E-state index contributed by atoms with van der Waals surface area (Å²) in [4.78, 5) is 19.4. The lowest BCUT2D eigenvalue weighted by atomic mass is 9.77. The van der Waals surface area contributed by atoms with Crippen LogP contribution in [0.3, 0.4) is 0 Å². The summed E-state index contributed by atoms with van der Waals surface area (Å²) < 4.78 is 0. The number of carbonyl (C=O) groups excluding carboxylic acids is 2. The Labute approximate surface area is 78.3 Å². The van der Waals surface area contributed by atoms with Crippen LogP contribution in [-0.4, -0.2) is 11.9 Å². The molecule has 0 aromatic heterocycles. The van der Waals surface area contributed by atoms with Crippen LogP contribution in [-0.2, 0) is 9.59 Å². The first kappa shape index (κ1) is 11.8. The summed E-state index contributed by atoms with van der Waals surface area (Å²) in [6, 6.07) is 0. The van der Waals surface area contributed by atoms with Gasteiger partial charge >= 0.3 is 0 Å². The van der Waals surface area contributed by atoms with E-state index in [0.29, 0.717) is 6.42 Å². The summed E-state index contributed by atoms with van der Waals surface area (Å²) in [7, 11) is 0. The van der Waals surface area contributed by atoms with Crippen molar-refractivity contribution < 1.29 is 9.59 Å².